The van der Waals surface area contributed by atoms with E-state index in [1.165, 1.54) is 23.5 Å². The second-order valence-electron chi connectivity index (χ2n) is 6.25. The summed E-state index contributed by atoms with van der Waals surface area (Å²) in [6, 6.07) is 5.62. The first-order chi connectivity index (χ1) is 11.9. The molecule has 0 spiro atoms. The normalized spacial score (nSPS) is 25.1. The molecule has 0 saturated carbocycles. The maximum Gasteiger partial charge on any atom is 0.322 e. The summed E-state index contributed by atoms with van der Waals surface area (Å²) in [4.78, 5) is 13.6. The summed E-state index contributed by atoms with van der Waals surface area (Å²) in [6.45, 7) is 2.09. The Morgan fingerprint density at radius 2 is 1.84 bits per heavy atom. The van der Waals surface area contributed by atoms with Gasteiger partial charge in [0.2, 0.25) is 10.0 Å². The predicted molar refractivity (Wildman–Crippen MR) is 91.3 cm³/mol. The van der Waals surface area contributed by atoms with E-state index >= 15 is 0 Å². The molecule has 1 aromatic carbocycles. The molecule has 0 radical (unpaired) electrons. The Hall–Kier alpha value is -1.71. The van der Waals surface area contributed by atoms with Crippen LogP contribution in [0, 0.1) is 5.82 Å². The molecule has 2 atom stereocenters. The van der Waals surface area contributed by atoms with Crippen molar-refractivity contribution in [2.24, 2.45) is 0 Å². The van der Waals surface area contributed by atoms with Crippen molar-refractivity contribution in [1.82, 2.24) is 9.62 Å². The molecule has 9 heteroatoms. The van der Waals surface area contributed by atoms with Gasteiger partial charge in [0.1, 0.15) is 11.9 Å². The van der Waals surface area contributed by atoms with Crippen molar-refractivity contribution < 1.29 is 22.3 Å². The van der Waals surface area contributed by atoms with Gasteiger partial charge in [0, 0.05) is 38.4 Å². The molecule has 2 aliphatic rings. The third kappa shape index (κ3) is 3.78. The van der Waals surface area contributed by atoms with Gasteiger partial charge in [-0.1, -0.05) is 0 Å². The van der Waals surface area contributed by atoms with Gasteiger partial charge in [-0.25, -0.2) is 12.8 Å². The van der Waals surface area contributed by atoms with Crippen LogP contribution in [0.25, 0.3) is 0 Å². The van der Waals surface area contributed by atoms with Gasteiger partial charge in [-0.15, -0.1) is 0 Å². The molecule has 7 nitrogen and oxygen atoms in total. The lowest BCUT2D eigenvalue weighted by atomic mass is 10.2. The minimum Gasteiger partial charge on any atom is -0.468 e. The molecular formula is C16H22FN3O4S. The summed E-state index contributed by atoms with van der Waals surface area (Å²) in [5.41, 5.74) is 0.881. The average molecular weight is 371 g/mol. The van der Waals surface area contributed by atoms with Crippen molar-refractivity contribution in [3.05, 3.63) is 30.1 Å². The first kappa shape index (κ1) is 18.1. The highest BCUT2D eigenvalue weighted by Crippen LogP contribution is 2.23. The summed E-state index contributed by atoms with van der Waals surface area (Å²) in [5, 5.41) is 2.30. The zero-order valence-corrected chi connectivity index (χ0v) is 14.8. The third-order valence-corrected chi connectivity index (χ3v) is 7.07. The summed E-state index contributed by atoms with van der Waals surface area (Å²) < 4.78 is 44.8. The predicted octanol–water partition coefficient (Wildman–Crippen LogP) is 0.181. The fourth-order valence-electron chi connectivity index (χ4n) is 3.32. The maximum absolute atomic E-state index is 13.0. The Morgan fingerprint density at radius 1 is 1.20 bits per heavy atom. The van der Waals surface area contributed by atoms with Crippen molar-refractivity contribution in [3.8, 4) is 0 Å². The first-order valence-electron chi connectivity index (χ1n) is 8.22. The van der Waals surface area contributed by atoms with Gasteiger partial charge in [-0.05, 0) is 30.7 Å². The highest BCUT2D eigenvalue weighted by atomic mass is 32.2. The van der Waals surface area contributed by atoms with Crippen LogP contribution in [-0.4, -0.2) is 69.8 Å². The second kappa shape index (κ2) is 7.27. The van der Waals surface area contributed by atoms with Crippen molar-refractivity contribution in [3.63, 3.8) is 0 Å². The summed E-state index contributed by atoms with van der Waals surface area (Å²) >= 11 is 0. The Labute approximate surface area is 146 Å². The van der Waals surface area contributed by atoms with Crippen molar-refractivity contribution in [2.45, 2.75) is 17.7 Å². The molecule has 3 rings (SSSR count). The van der Waals surface area contributed by atoms with Gasteiger partial charge < -0.3 is 15.0 Å². The lowest BCUT2D eigenvalue weighted by Crippen LogP contribution is -2.51. The van der Waals surface area contributed by atoms with E-state index in [0.29, 0.717) is 26.2 Å². The monoisotopic (exact) mass is 371 g/mol. The van der Waals surface area contributed by atoms with E-state index in [9.17, 15) is 17.6 Å². The van der Waals surface area contributed by atoms with Crippen molar-refractivity contribution in [1.29, 1.82) is 0 Å². The molecule has 2 aliphatic heterocycles. The van der Waals surface area contributed by atoms with E-state index in [0.717, 1.165) is 5.69 Å². The number of methoxy groups -OCH3 is 1. The number of hydrogen-bond donors (Lipinski definition) is 1. The number of carbonyl (C=O) groups is 1. The number of piperazine rings is 1. The van der Waals surface area contributed by atoms with E-state index in [1.54, 1.807) is 12.1 Å². The maximum atomic E-state index is 13.0. The van der Waals surface area contributed by atoms with Gasteiger partial charge in [0.15, 0.2) is 0 Å². The Balaban J connectivity index is 1.60. The number of nitrogens with zero attached hydrogens (tertiary/aromatic N) is 2. The van der Waals surface area contributed by atoms with Gasteiger partial charge in [0.05, 0.1) is 12.4 Å². The Morgan fingerprint density at radius 3 is 2.44 bits per heavy atom. The van der Waals surface area contributed by atoms with E-state index in [-0.39, 0.29) is 18.8 Å². The van der Waals surface area contributed by atoms with Crippen LogP contribution in [0.4, 0.5) is 10.1 Å². The third-order valence-electron chi connectivity index (χ3n) is 4.79. The van der Waals surface area contributed by atoms with Gasteiger partial charge in [0.25, 0.3) is 0 Å². The smallest absolute Gasteiger partial charge is 0.322 e. The number of benzene rings is 1. The van der Waals surface area contributed by atoms with Crippen LogP contribution in [0.3, 0.4) is 0 Å². The van der Waals surface area contributed by atoms with E-state index in [1.807, 2.05) is 4.90 Å². The summed E-state index contributed by atoms with van der Waals surface area (Å²) in [7, 11) is -2.18. The molecule has 0 aliphatic carbocycles. The summed E-state index contributed by atoms with van der Waals surface area (Å²) in [5.74, 6) is -0.724. The fourth-order valence-corrected chi connectivity index (χ4v) is 5.15. The molecule has 2 fully saturated rings. The molecule has 138 valence electrons. The minimum atomic E-state index is -3.47. The number of rotatable bonds is 4. The van der Waals surface area contributed by atoms with Crippen LogP contribution in [0.5, 0.6) is 0 Å². The number of halogens is 1. The van der Waals surface area contributed by atoms with E-state index in [2.05, 4.69) is 10.1 Å². The number of anilines is 1. The van der Waals surface area contributed by atoms with Crippen LogP contribution in [0.2, 0.25) is 0 Å². The molecule has 2 saturated heterocycles. The standard InChI is InChI=1S/C16H22FN3O4S/c1-24-16(21)15-10-14(11-18-15)25(22,23)20-8-6-19(7-9-20)13-4-2-12(17)3-5-13/h2-5,14-15,18H,6-11H2,1H3. The number of hydrogen-bond acceptors (Lipinski definition) is 6. The number of carbonyl (C=O) groups excluding carboxylic acids is 1. The van der Waals surface area contributed by atoms with E-state index in [4.69, 9.17) is 0 Å². The zero-order chi connectivity index (χ0) is 18.0. The highest BCUT2D eigenvalue weighted by molar-refractivity contribution is 7.89. The fraction of sp³-hybridized carbons (Fsp3) is 0.562. The quantitative estimate of drug-likeness (QED) is 0.761. The van der Waals surface area contributed by atoms with Gasteiger partial charge in [-0.3, -0.25) is 4.79 Å². The zero-order valence-electron chi connectivity index (χ0n) is 14.0. The lowest BCUT2D eigenvalue weighted by Gasteiger charge is -2.36. The number of nitrogens with one attached hydrogen (secondary N) is 1. The largest absolute Gasteiger partial charge is 0.468 e. The van der Waals surface area contributed by atoms with Crippen LogP contribution >= 0.6 is 0 Å². The van der Waals surface area contributed by atoms with Gasteiger partial charge >= 0.3 is 5.97 Å². The Bertz CT molecular complexity index is 717. The molecule has 1 N–H and O–H groups in total. The van der Waals surface area contributed by atoms with Crippen LogP contribution < -0.4 is 10.2 Å². The molecule has 2 unspecified atom stereocenters. The van der Waals surface area contributed by atoms with Crippen LogP contribution in [0.15, 0.2) is 24.3 Å². The van der Waals surface area contributed by atoms with E-state index < -0.39 is 27.3 Å². The minimum absolute atomic E-state index is 0.229. The molecule has 0 amide bonds. The molecule has 25 heavy (non-hydrogen) atoms. The SMILES string of the molecule is COC(=O)C1CC(S(=O)(=O)N2CCN(c3ccc(F)cc3)CC2)CN1. The Kier molecular flexibility index (Phi) is 5.26. The first-order valence-corrected chi connectivity index (χ1v) is 9.73. The number of sulfonamides is 1. The van der Waals surface area contributed by atoms with Crippen LogP contribution in [0.1, 0.15) is 6.42 Å². The lowest BCUT2D eigenvalue weighted by molar-refractivity contribution is -0.142. The summed E-state index contributed by atoms with van der Waals surface area (Å²) in [6.07, 6.45) is 0.229. The average Bonchev–Trinajstić information content (AvgIpc) is 3.13. The molecule has 1 aromatic rings. The second-order valence-corrected chi connectivity index (χ2v) is 8.46. The van der Waals surface area contributed by atoms with Crippen LogP contribution in [-0.2, 0) is 19.6 Å². The molecule has 0 aromatic heterocycles. The van der Waals surface area contributed by atoms with Crippen molar-refractivity contribution in [2.75, 3.05) is 44.7 Å². The van der Waals surface area contributed by atoms with Crippen molar-refractivity contribution >= 4 is 21.7 Å². The number of esters is 1. The molecule has 2 heterocycles. The van der Waals surface area contributed by atoms with Gasteiger partial charge in [-0.2, -0.15) is 4.31 Å². The number of ether oxygens (including phenoxy) is 1. The topological polar surface area (TPSA) is 79.0 Å². The highest BCUT2D eigenvalue weighted by Gasteiger charge is 2.41. The molecular weight excluding hydrogens is 349 g/mol. The molecule has 0 bridgehead atoms.